The Morgan fingerprint density at radius 2 is 1.88 bits per heavy atom. The van der Waals surface area contributed by atoms with Crippen molar-refractivity contribution in [3.63, 3.8) is 0 Å². The third-order valence-electron chi connectivity index (χ3n) is 3.85. The molecule has 0 aliphatic rings. The van der Waals surface area contributed by atoms with Gasteiger partial charge in [-0.25, -0.2) is 4.79 Å². The first-order chi connectivity index (χ1) is 11.3. The molecule has 24 heavy (non-hydrogen) atoms. The van der Waals surface area contributed by atoms with Crippen LogP contribution in [0.15, 0.2) is 24.3 Å². The summed E-state index contributed by atoms with van der Waals surface area (Å²) in [5, 5.41) is 12.3. The number of amides is 1. The van der Waals surface area contributed by atoms with Crippen LogP contribution in [0, 0.1) is 13.8 Å². The van der Waals surface area contributed by atoms with E-state index >= 15 is 0 Å². The third kappa shape index (κ3) is 3.94. The van der Waals surface area contributed by atoms with Crippen molar-refractivity contribution >= 4 is 28.2 Å². The Hall–Kier alpha value is -2.34. The normalized spacial score (nSPS) is 11.8. The molecular formula is C18H21NO4S. The van der Waals surface area contributed by atoms with E-state index in [2.05, 4.69) is 12.2 Å². The summed E-state index contributed by atoms with van der Waals surface area (Å²) in [6, 6.07) is 7.55. The van der Waals surface area contributed by atoms with Gasteiger partial charge in [-0.05, 0) is 50.5 Å². The Morgan fingerprint density at radius 1 is 1.25 bits per heavy atom. The number of carboxylic acids is 1. The molecule has 1 unspecified atom stereocenters. The molecule has 128 valence electrons. The maximum atomic E-state index is 12.3. The second kappa shape index (κ2) is 7.49. The Balaban J connectivity index is 2.09. The Morgan fingerprint density at radius 3 is 2.42 bits per heavy atom. The summed E-state index contributed by atoms with van der Waals surface area (Å²) in [5.41, 5.74) is 2.01. The summed E-state index contributed by atoms with van der Waals surface area (Å²) in [5.74, 6) is -0.818. The molecule has 0 saturated heterocycles. The number of anilines is 1. The van der Waals surface area contributed by atoms with Crippen LogP contribution >= 0.6 is 11.3 Å². The van der Waals surface area contributed by atoms with Crippen LogP contribution in [0.1, 0.15) is 40.2 Å². The van der Waals surface area contributed by atoms with Gasteiger partial charge in [0.2, 0.25) is 0 Å². The number of ether oxygens (including phenoxy) is 1. The van der Waals surface area contributed by atoms with Crippen molar-refractivity contribution in [3.8, 4) is 5.75 Å². The molecule has 1 heterocycles. The summed E-state index contributed by atoms with van der Waals surface area (Å²) >= 11 is 1.26. The molecule has 1 atom stereocenters. The second-order valence-corrected chi connectivity index (χ2v) is 6.76. The number of benzene rings is 1. The van der Waals surface area contributed by atoms with E-state index in [1.165, 1.54) is 16.9 Å². The lowest BCUT2D eigenvalue weighted by molar-refractivity contribution is -0.122. The van der Waals surface area contributed by atoms with Gasteiger partial charge in [-0.2, -0.15) is 0 Å². The van der Waals surface area contributed by atoms with Gasteiger partial charge in [0.15, 0.2) is 6.10 Å². The lowest BCUT2D eigenvalue weighted by Crippen LogP contribution is -2.30. The van der Waals surface area contributed by atoms with Crippen molar-refractivity contribution in [1.82, 2.24) is 0 Å². The van der Waals surface area contributed by atoms with Gasteiger partial charge in [0, 0.05) is 4.88 Å². The predicted octanol–water partition coefficient (Wildman–Crippen LogP) is 4.03. The minimum atomic E-state index is -1.05. The Kier molecular flexibility index (Phi) is 5.62. The number of carbonyl (C=O) groups excluding carboxylic acids is 1. The summed E-state index contributed by atoms with van der Waals surface area (Å²) in [6.45, 7) is 7.27. The molecule has 2 aromatic rings. The molecule has 5 nitrogen and oxygen atoms in total. The van der Waals surface area contributed by atoms with Crippen molar-refractivity contribution < 1.29 is 19.4 Å². The van der Waals surface area contributed by atoms with Gasteiger partial charge in [-0.1, -0.05) is 19.1 Å². The minimum Gasteiger partial charge on any atom is -0.481 e. The van der Waals surface area contributed by atoms with Gasteiger partial charge in [-0.3, -0.25) is 4.79 Å². The summed E-state index contributed by atoms with van der Waals surface area (Å²) in [4.78, 5) is 24.6. The Bertz CT molecular complexity index is 749. The number of aryl methyl sites for hydroxylation is 2. The van der Waals surface area contributed by atoms with Crippen LogP contribution in [0.25, 0.3) is 0 Å². The maximum absolute atomic E-state index is 12.3. The fourth-order valence-electron chi connectivity index (χ4n) is 2.25. The van der Waals surface area contributed by atoms with E-state index in [4.69, 9.17) is 4.74 Å². The molecule has 2 rings (SSSR count). The molecule has 1 amide bonds. The van der Waals surface area contributed by atoms with Gasteiger partial charge in [-0.15, -0.1) is 11.3 Å². The monoisotopic (exact) mass is 347 g/mol. The van der Waals surface area contributed by atoms with Crippen LogP contribution in [-0.4, -0.2) is 23.1 Å². The molecule has 0 spiro atoms. The molecule has 0 saturated carbocycles. The number of carboxylic acid groups (broad SMARTS) is 1. The van der Waals surface area contributed by atoms with Gasteiger partial charge in [0.25, 0.3) is 5.91 Å². The smallest absolute Gasteiger partial charge is 0.338 e. The maximum Gasteiger partial charge on any atom is 0.338 e. The molecule has 0 radical (unpaired) electrons. The van der Waals surface area contributed by atoms with Gasteiger partial charge < -0.3 is 15.2 Å². The zero-order valence-corrected chi connectivity index (χ0v) is 15.0. The highest BCUT2D eigenvalue weighted by Crippen LogP contribution is 2.32. The van der Waals surface area contributed by atoms with Crippen molar-refractivity contribution in [2.75, 3.05) is 5.32 Å². The molecule has 1 aromatic heterocycles. The number of carbonyl (C=O) groups is 2. The average Bonchev–Trinajstić information content (AvgIpc) is 2.82. The standard InChI is InChI=1S/C18H21NO4S/c1-5-13-6-8-14(9-7-13)23-11(3)16(20)19-17-15(18(21)22)10(2)12(4)24-17/h6-9,11H,5H2,1-4H3,(H,19,20)(H,21,22). The number of rotatable bonds is 6. The second-order valence-electron chi connectivity index (χ2n) is 5.54. The number of thiophene rings is 1. The molecular weight excluding hydrogens is 326 g/mol. The van der Waals surface area contributed by atoms with Crippen LogP contribution in [0.4, 0.5) is 5.00 Å². The van der Waals surface area contributed by atoms with Crippen LogP contribution in [0.3, 0.4) is 0 Å². The highest BCUT2D eigenvalue weighted by molar-refractivity contribution is 7.16. The number of aromatic carboxylic acids is 1. The fourth-order valence-corrected chi connectivity index (χ4v) is 3.30. The van der Waals surface area contributed by atoms with Crippen molar-refractivity contribution in [2.24, 2.45) is 0 Å². The van der Waals surface area contributed by atoms with E-state index in [-0.39, 0.29) is 11.5 Å². The van der Waals surface area contributed by atoms with Crippen molar-refractivity contribution in [3.05, 3.63) is 45.8 Å². The van der Waals surface area contributed by atoms with Crippen LogP contribution in [-0.2, 0) is 11.2 Å². The fraction of sp³-hybridized carbons (Fsp3) is 0.333. The molecule has 1 aromatic carbocycles. The first-order valence-electron chi connectivity index (χ1n) is 7.73. The minimum absolute atomic E-state index is 0.144. The van der Waals surface area contributed by atoms with E-state index in [0.29, 0.717) is 16.3 Å². The highest BCUT2D eigenvalue weighted by atomic mass is 32.1. The number of hydrogen-bond acceptors (Lipinski definition) is 4. The van der Waals surface area contributed by atoms with E-state index in [9.17, 15) is 14.7 Å². The SMILES string of the molecule is CCc1ccc(OC(C)C(=O)Nc2sc(C)c(C)c2C(=O)O)cc1. The summed E-state index contributed by atoms with van der Waals surface area (Å²) in [6.07, 6.45) is 0.201. The van der Waals surface area contributed by atoms with E-state index in [0.717, 1.165) is 11.3 Å². The zero-order chi connectivity index (χ0) is 17.9. The van der Waals surface area contributed by atoms with E-state index in [1.54, 1.807) is 13.8 Å². The zero-order valence-electron chi connectivity index (χ0n) is 14.2. The van der Waals surface area contributed by atoms with Gasteiger partial charge >= 0.3 is 5.97 Å². The largest absolute Gasteiger partial charge is 0.481 e. The molecule has 0 aliphatic heterocycles. The third-order valence-corrected chi connectivity index (χ3v) is 4.97. The van der Waals surface area contributed by atoms with Crippen LogP contribution in [0.2, 0.25) is 0 Å². The predicted molar refractivity (Wildman–Crippen MR) is 95.3 cm³/mol. The lowest BCUT2D eigenvalue weighted by atomic mass is 10.1. The van der Waals surface area contributed by atoms with Crippen LogP contribution < -0.4 is 10.1 Å². The highest BCUT2D eigenvalue weighted by Gasteiger charge is 2.23. The molecule has 6 heteroatoms. The molecule has 2 N–H and O–H groups in total. The molecule has 0 fully saturated rings. The quantitative estimate of drug-likeness (QED) is 0.827. The van der Waals surface area contributed by atoms with E-state index in [1.807, 2.05) is 31.2 Å². The lowest BCUT2D eigenvalue weighted by Gasteiger charge is -2.14. The van der Waals surface area contributed by atoms with Gasteiger partial charge in [0.1, 0.15) is 10.8 Å². The summed E-state index contributed by atoms with van der Waals surface area (Å²) in [7, 11) is 0. The topological polar surface area (TPSA) is 75.6 Å². The van der Waals surface area contributed by atoms with Crippen LogP contribution in [0.5, 0.6) is 5.75 Å². The number of hydrogen-bond donors (Lipinski definition) is 2. The summed E-state index contributed by atoms with van der Waals surface area (Å²) < 4.78 is 5.63. The van der Waals surface area contributed by atoms with Crippen molar-refractivity contribution in [2.45, 2.75) is 40.2 Å². The van der Waals surface area contributed by atoms with E-state index < -0.39 is 12.1 Å². The van der Waals surface area contributed by atoms with Crippen molar-refractivity contribution in [1.29, 1.82) is 0 Å². The first kappa shape index (κ1) is 18.0. The molecule has 0 aliphatic carbocycles. The average molecular weight is 347 g/mol. The van der Waals surface area contributed by atoms with Gasteiger partial charge in [0.05, 0.1) is 5.56 Å². The Labute approximate surface area is 145 Å². The number of nitrogens with one attached hydrogen (secondary N) is 1. The molecule has 0 bridgehead atoms. The first-order valence-corrected chi connectivity index (χ1v) is 8.54.